The van der Waals surface area contributed by atoms with Gasteiger partial charge in [-0.1, -0.05) is 19.3 Å². The molecule has 4 rings (SSSR count). The molecule has 1 unspecified atom stereocenters. The van der Waals surface area contributed by atoms with E-state index < -0.39 is 0 Å². The van der Waals surface area contributed by atoms with Gasteiger partial charge in [0, 0.05) is 7.05 Å². The van der Waals surface area contributed by atoms with E-state index in [0.29, 0.717) is 29.6 Å². The van der Waals surface area contributed by atoms with E-state index in [1.165, 1.54) is 37.1 Å². The van der Waals surface area contributed by atoms with E-state index in [4.69, 9.17) is 21.2 Å². The second kappa shape index (κ2) is 9.74. The number of nitrogens with one attached hydrogen (secondary N) is 2. The summed E-state index contributed by atoms with van der Waals surface area (Å²) in [6, 6.07) is 3.84. The maximum Gasteiger partial charge on any atom is 0.218 e. The standard InChI is InChI=1S/C22H35N7O2/c1-14-19(30-16-6-4-3-5-7-16)11-10-17(26-14)21(23)18(29(2)24)13-25-22-27-20(31-28-22)12-15-8-9-15/h10-11,15-16,20H,3-9,12-13,23-24H2,1-2H3,(H2,25,27,28)/b21-18-. The van der Waals surface area contributed by atoms with Crippen molar-refractivity contribution >= 4 is 11.7 Å². The van der Waals surface area contributed by atoms with Crippen molar-refractivity contribution in [1.29, 1.82) is 0 Å². The normalized spacial score (nSPS) is 23.8. The molecule has 1 aliphatic heterocycles. The summed E-state index contributed by atoms with van der Waals surface area (Å²) in [5, 5.41) is 4.74. The van der Waals surface area contributed by atoms with E-state index in [2.05, 4.69) is 20.8 Å². The average Bonchev–Trinajstić information content (AvgIpc) is 3.46. The van der Waals surface area contributed by atoms with Gasteiger partial charge in [0.1, 0.15) is 5.75 Å². The lowest BCUT2D eigenvalue weighted by atomic mass is 9.98. The number of aliphatic imine (C=N–C) groups is 1. The number of hydroxylamine groups is 1. The molecular formula is C22H35N7O2. The van der Waals surface area contributed by atoms with Crippen LogP contribution in [0.25, 0.3) is 5.70 Å². The molecule has 0 radical (unpaired) electrons. The van der Waals surface area contributed by atoms with Crippen LogP contribution in [0.5, 0.6) is 5.75 Å². The van der Waals surface area contributed by atoms with Crippen LogP contribution >= 0.6 is 0 Å². The Morgan fingerprint density at radius 1 is 1.26 bits per heavy atom. The molecular weight excluding hydrogens is 394 g/mol. The fourth-order valence-corrected chi connectivity index (χ4v) is 4.05. The Hall–Kier alpha value is -2.52. The number of hydrazine groups is 1. The van der Waals surface area contributed by atoms with Crippen molar-refractivity contribution in [1.82, 2.24) is 20.8 Å². The van der Waals surface area contributed by atoms with Crippen LogP contribution < -0.4 is 27.1 Å². The molecule has 170 valence electrons. The predicted octanol–water partition coefficient (Wildman–Crippen LogP) is 2.14. The molecule has 1 aromatic heterocycles. The lowest BCUT2D eigenvalue weighted by Crippen LogP contribution is -2.32. The average molecular weight is 430 g/mol. The first-order valence-corrected chi connectivity index (χ1v) is 11.3. The van der Waals surface area contributed by atoms with Gasteiger partial charge in [0.15, 0.2) is 6.23 Å². The molecule has 31 heavy (non-hydrogen) atoms. The minimum absolute atomic E-state index is 0.0346. The second-order valence-electron chi connectivity index (χ2n) is 8.83. The number of aromatic nitrogens is 1. The predicted molar refractivity (Wildman–Crippen MR) is 120 cm³/mol. The van der Waals surface area contributed by atoms with Crippen molar-refractivity contribution in [3.63, 3.8) is 0 Å². The van der Waals surface area contributed by atoms with E-state index >= 15 is 0 Å². The van der Waals surface area contributed by atoms with Gasteiger partial charge >= 0.3 is 0 Å². The van der Waals surface area contributed by atoms with Gasteiger partial charge in [-0.2, -0.15) is 0 Å². The first kappa shape index (κ1) is 21.7. The molecule has 0 aromatic carbocycles. The molecule has 9 nitrogen and oxygen atoms in total. The third-order valence-electron chi connectivity index (χ3n) is 6.12. The highest BCUT2D eigenvalue weighted by Gasteiger charge is 2.29. The SMILES string of the molecule is Cc1nc(/C(N)=C(\CN=C2NOC(CC3CC3)N2)N(C)N)ccc1OC1CCCCC1. The molecule has 0 bridgehead atoms. The summed E-state index contributed by atoms with van der Waals surface area (Å²) in [5.41, 5.74) is 12.0. The van der Waals surface area contributed by atoms with Crippen LogP contribution in [0.4, 0.5) is 0 Å². The Bertz CT molecular complexity index is 829. The summed E-state index contributed by atoms with van der Waals surface area (Å²) in [6.45, 7) is 2.25. The Labute approximate surface area is 184 Å². The van der Waals surface area contributed by atoms with Gasteiger partial charge in [0.05, 0.1) is 35.4 Å². The van der Waals surface area contributed by atoms with E-state index in [1.807, 2.05) is 19.1 Å². The Morgan fingerprint density at radius 2 is 2.03 bits per heavy atom. The lowest BCUT2D eigenvalue weighted by molar-refractivity contribution is 0.0279. The van der Waals surface area contributed by atoms with Crippen LogP contribution in [0.1, 0.15) is 62.8 Å². The van der Waals surface area contributed by atoms with Crippen molar-refractivity contribution < 1.29 is 9.57 Å². The minimum atomic E-state index is -0.0346. The number of hydrogen-bond donors (Lipinski definition) is 4. The molecule has 2 heterocycles. The lowest BCUT2D eigenvalue weighted by Gasteiger charge is -2.24. The van der Waals surface area contributed by atoms with Crippen molar-refractivity contribution in [2.45, 2.75) is 70.6 Å². The van der Waals surface area contributed by atoms with Gasteiger partial charge in [-0.3, -0.25) is 0 Å². The van der Waals surface area contributed by atoms with E-state index in [-0.39, 0.29) is 12.3 Å². The molecule has 1 aromatic rings. The number of hydrogen-bond acceptors (Lipinski definition) is 7. The van der Waals surface area contributed by atoms with Crippen LogP contribution in [0, 0.1) is 12.8 Å². The first-order chi connectivity index (χ1) is 15.0. The molecule has 3 fully saturated rings. The zero-order chi connectivity index (χ0) is 21.8. The maximum atomic E-state index is 6.44. The van der Waals surface area contributed by atoms with Crippen LogP contribution in [-0.4, -0.2) is 41.9 Å². The molecule has 2 saturated carbocycles. The van der Waals surface area contributed by atoms with Gasteiger partial charge in [0.25, 0.3) is 0 Å². The number of pyridine rings is 1. The summed E-state index contributed by atoms with van der Waals surface area (Å²) in [5.74, 6) is 8.24. The second-order valence-corrected chi connectivity index (χ2v) is 8.83. The van der Waals surface area contributed by atoms with Crippen LogP contribution in [0.2, 0.25) is 0 Å². The summed E-state index contributed by atoms with van der Waals surface area (Å²) < 4.78 is 6.18. The summed E-state index contributed by atoms with van der Waals surface area (Å²) >= 11 is 0. The highest BCUT2D eigenvalue weighted by atomic mass is 16.7. The third-order valence-corrected chi connectivity index (χ3v) is 6.12. The highest BCUT2D eigenvalue weighted by molar-refractivity contribution is 5.80. The molecule has 0 spiro atoms. The van der Waals surface area contributed by atoms with E-state index in [9.17, 15) is 0 Å². The van der Waals surface area contributed by atoms with Gasteiger partial charge in [-0.05, 0) is 57.1 Å². The molecule has 2 aliphatic carbocycles. The quantitative estimate of drug-likeness (QED) is 0.366. The zero-order valence-corrected chi connectivity index (χ0v) is 18.6. The summed E-state index contributed by atoms with van der Waals surface area (Å²) in [6.07, 6.45) is 9.79. The van der Waals surface area contributed by atoms with Gasteiger partial charge < -0.3 is 20.8 Å². The van der Waals surface area contributed by atoms with Crippen LogP contribution in [0.3, 0.4) is 0 Å². The number of nitrogens with two attached hydrogens (primary N) is 2. The van der Waals surface area contributed by atoms with Gasteiger partial charge in [-0.15, -0.1) is 0 Å². The Morgan fingerprint density at radius 3 is 2.71 bits per heavy atom. The monoisotopic (exact) mass is 429 g/mol. The molecule has 1 atom stereocenters. The van der Waals surface area contributed by atoms with Crippen molar-refractivity contribution in [2.75, 3.05) is 13.6 Å². The summed E-state index contributed by atoms with van der Waals surface area (Å²) in [7, 11) is 1.75. The zero-order valence-electron chi connectivity index (χ0n) is 18.6. The van der Waals surface area contributed by atoms with E-state index in [0.717, 1.165) is 36.6 Å². The van der Waals surface area contributed by atoms with Gasteiger partial charge in [-0.25, -0.2) is 26.1 Å². The molecule has 1 saturated heterocycles. The van der Waals surface area contributed by atoms with Crippen LogP contribution in [0.15, 0.2) is 22.8 Å². The largest absolute Gasteiger partial charge is 0.489 e. The van der Waals surface area contributed by atoms with Crippen molar-refractivity contribution in [3.05, 3.63) is 29.2 Å². The Balaban J connectivity index is 1.43. The Kier molecular flexibility index (Phi) is 6.82. The number of nitrogens with zero attached hydrogens (tertiary/aromatic N) is 3. The number of guanidine groups is 1. The van der Waals surface area contributed by atoms with Crippen molar-refractivity contribution in [3.8, 4) is 5.75 Å². The van der Waals surface area contributed by atoms with Crippen molar-refractivity contribution in [2.24, 2.45) is 22.5 Å². The molecule has 0 amide bonds. The summed E-state index contributed by atoms with van der Waals surface area (Å²) in [4.78, 5) is 14.8. The first-order valence-electron chi connectivity index (χ1n) is 11.3. The molecule has 6 N–H and O–H groups in total. The number of rotatable bonds is 8. The topological polar surface area (TPSA) is 123 Å². The van der Waals surface area contributed by atoms with Gasteiger partial charge in [0.2, 0.25) is 5.96 Å². The third kappa shape index (κ3) is 5.80. The molecule has 3 aliphatic rings. The smallest absolute Gasteiger partial charge is 0.218 e. The highest BCUT2D eigenvalue weighted by Crippen LogP contribution is 2.34. The van der Waals surface area contributed by atoms with E-state index in [1.54, 1.807) is 7.05 Å². The maximum absolute atomic E-state index is 6.44. The fraction of sp³-hybridized carbons (Fsp3) is 0.636. The number of likely N-dealkylation sites (N-methyl/N-ethyl adjacent to an activating group) is 1. The minimum Gasteiger partial charge on any atom is -0.489 e. The van der Waals surface area contributed by atoms with Crippen LogP contribution in [-0.2, 0) is 4.84 Å². The number of aryl methyl sites for hydroxylation is 1. The molecule has 9 heteroatoms. The number of ether oxygens (including phenoxy) is 1. The fourth-order valence-electron chi connectivity index (χ4n) is 4.05.